The molecule has 0 atom stereocenters. The third-order valence-corrected chi connectivity index (χ3v) is 1.18. The van der Waals surface area contributed by atoms with E-state index in [9.17, 15) is 4.79 Å². The van der Waals surface area contributed by atoms with Crippen molar-refractivity contribution in [3.8, 4) is 0 Å². The third kappa shape index (κ3) is 3.12. The molecule has 1 N–H and O–H groups in total. The first-order valence-corrected chi connectivity index (χ1v) is 3.15. The van der Waals surface area contributed by atoms with Gasteiger partial charge in [0.1, 0.15) is 0 Å². The highest BCUT2D eigenvalue weighted by molar-refractivity contribution is 5.87. The van der Waals surface area contributed by atoms with Crippen molar-refractivity contribution in [3.05, 3.63) is 11.8 Å². The van der Waals surface area contributed by atoms with Gasteiger partial charge in [-0.1, -0.05) is 0 Å². The summed E-state index contributed by atoms with van der Waals surface area (Å²) in [6, 6.07) is 0. The van der Waals surface area contributed by atoms with Crippen LogP contribution in [0.3, 0.4) is 0 Å². The Balaban J connectivity index is 4.00. The minimum absolute atomic E-state index is 0.00634. The Hall–Kier alpha value is -0.990. The molecule has 10 heavy (non-hydrogen) atoms. The number of allylic oxidation sites excluding steroid dienone is 1. The maximum absolute atomic E-state index is 10.9. The lowest BCUT2D eigenvalue weighted by atomic mass is 10.4. The molecule has 0 bridgehead atoms. The van der Waals surface area contributed by atoms with Crippen LogP contribution in [0.5, 0.6) is 0 Å². The van der Waals surface area contributed by atoms with Gasteiger partial charge in [-0.25, -0.2) is 0 Å². The van der Waals surface area contributed by atoms with Gasteiger partial charge < -0.3 is 10.2 Å². The van der Waals surface area contributed by atoms with E-state index in [1.807, 2.05) is 6.92 Å². The summed E-state index contributed by atoms with van der Waals surface area (Å²) in [6.07, 6.45) is 1.56. The fourth-order valence-electron chi connectivity index (χ4n) is 0.386. The van der Waals surface area contributed by atoms with Crippen molar-refractivity contribution in [1.82, 2.24) is 10.2 Å². The van der Waals surface area contributed by atoms with Crippen LogP contribution in [-0.4, -0.2) is 32.0 Å². The Morgan fingerprint density at radius 3 is 2.30 bits per heavy atom. The molecule has 0 aromatic rings. The highest BCUT2D eigenvalue weighted by Crippen LogP contribution is 1.87. The number of carbonyl (C=O) groups is 1. The van der Waals surface area contributed by atoms with Crippen LogP contribution in [0.4, 0.5) is 0 Å². The van der Waals surface area contributed by atoms with E-state index in [2.05, 4.69) is 5.32 Å². The molecule has 0 aromatic carbocycles. The zero-order valence-electron chi connectivity index (χ0n) is 6.93. The van der Waals surface area contributed by atoms with E-state index < -0.39 is 0 Å². The zero-order valence-corrected chi connectivity index (χ0v) is 6.93. The predicted octanol–water partition coefficient (Wildman–Crippen LogP) is 0.198. The van der Waals surface area contributed by atoms with Crippen molar-refractivity contribution in [2.75, 3.05) is 21.1 Å². The minimum Gasteiger partial charge on any atom is -0.391 e. The summed E-state index contributed by atoms with van der Waals surface area (Å²) in [5, 5.41) is 2.86. The van der Waals surface area contributed by atoms with Crippen molar-refractivity contribution in [1.29, 1.82) is 0 Å². The molecular weight excluding hydrogens is 128 g/mol. The quantitative estimate of drug-likeness (QED) is 0.558. The number of nitrogens with zero attached hydrogens (tertiary/aromatic N) is 1. The molecule has 0 fully saturated rings. The molecule has 1 amide bonds. The highest BCUT2D eigenvalue weighted by Gasteiger charge is 1.97. The average molecular weight is 142 g/mol. The second-order valence-corrected chi connectivity index (χ2v) is 2.31. The molecule has 0 heterocycles. The number of rotatable bonds is 2. The molecule has 0 aliphatic heterocycles. The zero-order chi connectivity index (χ0) is 8.15. The van der Waals surface area contributed by atoms with E-state index in [1.54, 1.807) is 27.2 Å². The predicted molar refractivity (Wildman–Crippen MR) is 41.5 cm³/mol. The second kappa shape index (κ2) is 3.93. The lowest BCUT2D eigenvalue weighted by Gasteiger charge is -2.06. The van der Waals surface area contributed by atoms with E-state index in [-0.39, 0.29) is 5.91 Å². The van der Waals surface area contributed by atoms with Crippen LogP contribution in [0, 0.1) is 0 Å². The largest absolute Gasteiger partial charge is 0.391 e. The standard InChI is InChI=1S/C7H14N2O/c1-6(8-2)5-7(10)9(3)4/h5,8H,1-4H3/b6-5+. The molecule has 3 nitrogen and oxygen atoms in total. The van der Waals surface area contributed by atoms with Gasteiger partial charge in [-0.2, -0.15) is 0 Å². The van der Waals surface area contributed by atoms with Gasteiger partial charge in [0.05, 0.1) is 0 Å². The molecule has 0 saturated heterocycles. The molecular formula is C7H14N2O. The Morgan fingerprint density at radius 1 is 1.50 bits per heavy atom. The van der Waals surface area contributed by atoms with E-state index in [1.165, 1.54) is 4.90 Å². The topological polar surface area (TPSA) is 32.3 Å². The SMILES string of the molecule is CN/C(C)=C/C(=O)N(C)C. The number of nitrogens with one attached hydrogen (secondary N) is 1. The van der Waals surface area contributed by atoms with Crippen LogP contribution in [-0.2, 0) is 4.79 Å². The molecule has 3 heteroatoms. The first-order chi connectivity index (χ1) is 4.57. The summed E-state index contributed by atoms with van der Waals surface area (Å²) >= 11 is 0. The third-order valence-electron chi connectivity index (χ3n) is 1.18. The van der Waals surface area contributed by atoms with Gasteiger partial charge in [0.25, 0.3) is 0 Å². The maximum Gasteiger partial charge on any atom is 0.247 e. The lowest BCUT2D eigenvalue weighted by Crippen LogP contribution is -2.20. The first kappa shape index (κ1) is 9.01. The Kier molecular flexibility index (Phi) is 3.54. The number of hydrogen-bond acceptors (Lipinski definition) is 2. The van der Waals surface area contributed by atoms with Gasteiger partial charge in [0, 0.05) is 32.9 Å². The summed E-state index contributed by atoms with van der Waals surface area (Å²) in [5.74, 6) is 0.00634. The summed E-state index contributed by atoms with van der Waals surface area (Å²) in [4.78, 5) is 12.5. The van der Waals surface area contributed by atoms with Crippen molar-refractivity contribution >= 4 is 5.91 Å². The molecule has 0 rings (SSSR count). The van der Waals surface area contributed by atoms with Gasteiger partial charge in [0.2, 0.25) is 5.91 Å². The highest BCUT2D eigenvalue weighted by atomic mass is 16.2. The van der Waals surface area contributed by atoms with Crippen LogP contribution in [0.2, 0.25) is 0 Å². The first-order valence-electron chi connectivity index (χ1n) is 3.15. The number of hydrogen-bond donors (Lipinski definition) is 1. The van der Waals surface area contributed by atoms with Gasteiger partial charge in [-0.15, -0.1) is 0 Å². The minimum atomic E-state index is 0.00634. The molecule has 0 saturated carbocycles. The van der Waals surface area contributed by atoms with Gasteiger partial charge in [0.15, 0.2) is 0 Å². The summed E-state index contributed by atoms with van der Waals surface area (Å²) in [5.41, 5.74) is 0.874. The normalized spacial score (nSPS) is 11.0. The molecule has 0 aliphatic rings. The number of carbonyl (C=O) groups excluding carboxylic acids is 1. The Labute approximate surface area is 61.7 Å². The van der Waals surface area contributed by atoms with Gasteiger partial charge >= 0.3 is 0 Å². The second-order valence-electron chi connectivity index (χ2n) is 2.31. The van der Waals surface area contributed by atoms with Crippen LogP contribution >= 0.6 is 0 Å². The van der Waals surface area contributed by atoms with Crippen LogP contribution in [0.1, 0.15) is 6.92 Å². The van der Waals surface area contributed by atoms with Gasteiger partial charge in [-0.05, 0) is 6.92 Å². The van der Waals surface area contributed by atoms with E-state index >= 15 is 0 Å². The molecule has 58 valence electrons. The van der Waals surface area contributed by atoms with Crippen molar-refractivity contribution < 1.29 is 4.79 Å². The molecule has 0 unspecified atom stereocenters. The van der Waals surface area contributed by atoms with Crippen LogP contribution in [0.15, 0.2) is 11.8 Å². The van der Waals surface area contributed by atoms with Crippen molar-refractivity contribution in [3.63, 3.8) is 0 Å². The van der Waals surface area contributed by atoms with Crippen LogP contribution < -0.4 is 5.32 Å². The van der Waals surface area contributed by atoms with Crippen molar-refractivity contribution in [2.45, 2.75) is 6.92 Å². The summed E-state index contributed by atoms with van der Waals surface area (Å²) in [7, 11) is 5.23. The Morgan fingerprint density at radius 2 is 2.00 bits per heavy atom. The molecule has 0 aliphatic carbocycles. The molecule has 0 radical (unpaired) electrons. The van der Waals surface area contributed by atoms with Crippen molar-refractivity contribution in [2.24, 2.45) is 0 Å². The van der Waals surface area contributed by atoms with E-state index in [0.717, 1.165) is 5.70 Å². The fourth-order valence-corrected chi connectivity index (χ4v) is 0.386. The van der Waals surface area contributed by atoms with Gasteiger partial charge in [-0.3, -0.25) is 4.79 Å². The van der Waals surface area contributed by atoms with E-state index in [4.69, 9.17) is 0 Å². The monoisotopic (exact) mass is 142 g/mol. The molecule has 0 aromatic heterocycles. The number of likely N-dealkylation sites (N-methyl/N-ethyl adjacent to an activating group) is 1. The average Bonchev–Trinajstić information content (AvgIpc) is 1.87. The van der Waals surface area contributed by atoms with Crippen LogP contribution in [0.25, 0.3) is 0 Å². The Bertz CT molecular complexity index is 150. The molecule has 0 spiro atoms. The fraction of sp³-hybridized carbons (Fsp3) is 0.571. The summed E-state index contributed by atoms with van der Waals surface area (Å²) < 4.78 is 0. The summed E-state index contributed by atoms with van der Waals surface area (Å²) in [6.45, 7) is 1.85. The smallest absolute Gasteiger partial charge is 0.247 e. The van der Waals surface area contributed by atoms with E-state index in [0.29, 0.717) is 0 Å². The lowest BCUT2D eigenvalue weighted by molar-refractivity contribution is -0.123. The maximum atomic E-state index is 10.9. The number of amides is 1.